The van der Waals surface area contributed by atoms with Gasteiger partial charge in [-0.25, -0.2) is 0 Å². The summed E-state index contributed by atoms with van der Waals surface area (Å²) in [7, 11) is 2.12. The summed E-state index contributed by atoms with van der Waals surface area (Å²) in [4.78, 5) is 16.2. The van der Waals surface area contributed by atoms with Gasteiger partial charge < -0.3 is 15.1 Å². The van der Waals surface area contributed by atoms with Gasteiger partial charge in [-0.2, -0.15) is 0 Å². The first-order valence-corrected chi connectivity index (χ1v) is 6.76. The van der Waals surface area contributed by atoms with Crippen LogP contribution in [0.3, 0.4) is 0 Å². The molecule has 0 spiro atoms. The predicted molar refractivity (Wildman–Crippen MR) is 74.4 cm³/mol. The van der Waals surface area contributed by atoms with Crippen molar-refractivity contribution in [1.82, 2.24) is 20.4 Å². The van der Waals surface area contributed by atoms with Crippen LogP contribution in [0.25, 0.3) is 0 Å². The fourth-order valence-electron chi connectivity index (χ4n) is 1.98. The summed E-state index contributed by atoms with van der Waals surface area (Å²) in [6.45, 7) is 6.64. The van der Waals surface area contributed by atoms with Crippen molar-refractivity contribution in [3.05, 3.63) is 17.8 Å². The molecule has 0 aromatic carbocycles. The van der Waals surface area contributed by atoms with Crippen LogP contribution in [0.1, 0.15) is 23.8 Å². The summed E-state index contributed by atoms with van der Waals surface area (Å²) < 4.78 is 0. The second-order valence-corrected chi connectivity index (χ2v) is 4.82. The molecule has 2 rings (SSSR count). The van der Waals surface area contributed by atoms with Crippen LogP contribution >= 0.6 is 0 Å². The van der Waals surface area contributed by atoms with Crippen LogP contribution in [0.2, 0.25) is 0 Å². The molecule has 0 atom stereocenters. The molecule has 1 aliphatic rings. The molecule has 0 radical (unpaired) electrons. The fraction of sp³-hybridized carbons (Fsp3) is 0.615. The topological polar surface area (TPSA) is 61.4 Å². The lowest BCUT2D eigenvalue weighted by atomic mass is 10.3. The standard InChI is InChI=1S/C13H21N5O/c1-3-6-14-13(19)11-4-5-12(16-15-11)18-9-7-17(2)8-10-18/h4-5H,3,6-10H2,1-2H3,(H,14,19). The Bertz CT molecular complexity index is 412. The Morgan fingerprint density at radius 3 is 2.58 bits per heavy atom. The number of rotatable bonds is 4. The van der Waals surface area contributed by atoms with E-state index in [1.54, 1.807) is 6.07 Å². The number of hydrogen-bond acceptors (Lipinski definition) is 5. The monoisotopic (exact) mass is 263 g/mol. The number of carbonyl (C=O) groups excluding carboxylic acids is 1. The Labute approximate surface area is 113 Å². The maximum Gasteiger partial charge on any atom is 0.271 e. The Kier molecular flexibility index (Phi) is 4.68. The molecule has 1 amide bonds. The minimum Gasteiger partial charge on any atom is -0.353 e. The van der Waals surface area contributed by atoms with Crippen molar-refractivity contribution < 1.29 is 4.79 Å². The fourth-order valence-corrected chi connectivity index (χ4v) is 1.98. The number of anilines is 1. The maximum atomic E-state index is 11.7. The highest BCUT2D eigenvalue weighted by Crippen LogP contribution is 2.11. The van der Waals surface area contributed by atoms with Gasteiger partial charge in [0.2, 0.25) is 0 Å². The van der Waals surface area contributed by atoms with Crippen molar-refractivity contribution in [1.29, 1.82) is 0 Å². The molecule has 0 aliphatic carbocycles. The number of nitrogens with zero attached hydrogens (tertiary/aromatic N) is 4. The molecule has 1 saturated heterocycles. The number of hydrogen-bond donors (Lipinski definition) is 1. The largest absolute Gasteiger partial charge is 0.353 e. The smallest absolute Gasteiger partial charge is 0.271 e. The number of amides is 1. The van der Waals surface area contributed by atoms with E-state index in [4.69, 9.17) is 0 Å². The summed E-state index contributed by atoms with van der Waals surface area (Å²) in [6.07, 6.45) is 0.915. The molecule has 104 valence electrons. The van der Waals surface area contributed by atoms with Gasteiger partial charge >= 0.3 is 0 Å². The van der Waals surface area contributed by atoms with Crippen molar-refractivity contribution in [2.45, 2.75) is 13.3 Å². The molecular weight excluding hydrogens is 242 g/mol. The van der Waals surface area contributed by atoms with Gasteiger partial charge in [-0.15, -0.1) is 10.2 Å². The second-order valence-electron chi connectivity index (χ2n) is 4.82. The van der Waals surface area contributed by atoms with E-state index in [1.807, 2.05) is 13.0 Å². The number of aromatic nitrogens is 2. The molecular formula is C13H21N5O. The predicted octanol–water partition coefficient (Wildman–Crippen LogP) is 0.368. The third-order valence-corrected chi connectivity index (χ3v) is 3.25. The quantitative estimate of drug-likeness (QED) is 0.850. The normalized spacial score (nSPS) is 16.4. The third-order valence-electron chi connectivity index (χ3n) is 3.25. The highest BCUT2D eigenvalue weighted by Gasteiger charge is 2.16. The summed E-state index contributed by atoms with van der Waals surface area (Å²) >= 11 is 0. The average molecular weight is 263 g/mol. The zero-order valence-electron chi connectivity index (χ0n) is 11.6. The number of likely N-dealkylation sites (N-methyl/N-ethyl adjacent to an activating group) is 1. The molecule has 0 unspecified atom stereocenters. The molecule has 0 bridgehead atoms. The van der Waals surface area contributed by atoms with E-state index in [2.05, 4.69) is 32.4 Å². The zero-order valence-corrected chi connectivity index (χ0v) is 11.6. The van der Waals surface area contributed by atoms with Crippen LogP contribution in [0.5, 0.6) is 0 Å². The van der Waals surface area contributed by atoms with E-state index in [0.29, 0.717) is 12.2 Å². The van der Waals surface area contributed by atoms with Gasteiger partial charge in [0.15, 0.2) is 11.5 Å². The first-order valence-electron chi connectivity index (χ1n) is 6.76. The van der Waals surface area contributed by atoms with E-state index in [9.17, 15) is 4.79 Å². The average Bonchev–Trinajstić information content (AvgIpc) is 2.46. The molecule has 1 aromatic rings. The van der Waals surface area contributed by atoms with Crippen molar-refractivity contribution in [3.63, 3.8) is 0 Å². The summed E-state index contributed by atoms with van der Waals surface area (Å²) in [6, 6.07) is 3.62. The van der Waals surface area contributed by atoms with E-state index >= 15 is 0 Å². The molecule has 1 fully saturated rings. The number of carbonyl (C=O) groups is 1. The van der Waals surface area contributed by atoms with E-state index in [0.717, 1.165) is 38.4 Å². The second kappa shape index (κ2) is 6.47. The minimum atomic E-state index is -0.153. The van der Waals surface area contributed by atoms with E-state index < -0.39 is 0 Å². The van der Waals surface area contributed by atoms with Gasteiger partial charge in [0.1, 0.15) is 0 Å². The SMILES string of the molecule is CCCNC(=O)c1ccc(N2CCN(C)CC2)nn1. The highest BCUT2D eigenvalue weighted by atomic mass is 16.1. The zero-order chi connectivity index (χ0) is 13.7. The lowest BCUT2D eigenvalue weighted by Gasteiger charge is -2.32. The Balaban J connectivity index is 1.96. The van der Waals surface area contributed by atoms with Crippen LogP contribution in [0.4, 0.5) is 5.82 Å². The molecule has 1 aromatic heterocycles. The number of nitrogens with one attached hydrogen (secondary N) is 1. The van der Waals surface area contributed by atoms with Crippen LogP contribution in [0.15, 0.2) is 12.1 Å². The van der Waals surface area contributed by atoms with Gasteiger partial charge in [-0.1, -0.05) is 6.92 Å². The van der Waals surface area contributed by atoms with Crippen LogP contribution in [0, 0.1) is 0 Å². The van der Waals surface area contributed by atoms with Crippen LogP contribution in [-0.4, -0.2) is 60.8 Å². The Hall–Kier alpha value is -1.69. The minimum absolute atomic E-state index is 0.153. The molecule has 2 heterocycles. The van der Waals surface area contributed by atoms with Gasteiger partial charge in [0, 0.05) is 32.7 Å². The van der Waals surface area contributed by atoms with Crippen molar-refractivity contribution in [3.8, 4) is 0 Å². The third kappa shape index (κ3) is 3.64. The van der Waals surface area contributed by atoms with Gasteiger partial charge in [0.05, 0.1) is 0 Å². The summed E-state index contributed by atoms with van der Waals surface area (Å²) in [5.74, 6) is 0.694. The Morgan fingerprint density at radius 1 is 1.26 bits per heavy atom. The first kappa shape index (κ1) is 13.7. The van der Waals surface area contributed by atoms with Crippen molar-refractivity contribution in [2.24, 2.45) is 0 Å². The number of piperazine rings is 1. The van der Waals surface area contributed by atoms with E-state index in [1.165, 1.54) is 0 Å². The van der Waals surface area contributed by atoms with Gasteiger partial charge in [0.25, 0.3) is 5.91 Å². The van der Waals surface area contributed by atoms with Gasteiger partial charge in [-0.05, 0) is 25.6 Å². The Morgan fingerprint density at radius 2 is 2.00 bits per heavy atom. The highest BCUT2D eigenvalue weighted by molar-refractivity contribution is 5.92. The maximum absolute atomic E-state index is 11.7. The lowest BCUT2D eigenvalue weighted by Crippen LogP contribution is -2.44. The summed E-state index contributed by atoms with van der Waals surface area (Å²) in [5, 5.41) is 11.0. The summed E-state index contributed by atoms with van der Waals surface area (Å²) in [5.41, 5.74) is 0.381. The molecule has 19 heavy (non-hydrogen) atoms. The van der Waals surface area contributed by atoms with Gasteiger partial charge in [-0.3, -0.25) is 4.79 Å². The molecule has 1 N–H and O–H groups in total. The molecule has 1 aliphatic heterocycles. The van der Waals surface area contributed by atoms with Crippen LogP contribution in [-0.2, 0) is 0 Å². The molecule has 6 heteroatoms. The van der Waals surface area contributed by atoms with Crippen LogP contribution < -0.4 is 10.2 Å². The first-order chi connectivity index (χ1) is 9.20. The van der Waals surface area contributed by atoms with Crippen molar-refractivity contribution in [2.75, 3.05) is 44.7 Å². The molecule has 6 nitrogen and oxygen atoms in total. The molecule has 0 saturated carbocycles. The van der Waals surface area contributed by atoms with Crippen molar-refractivity contribution >= 4 is 11.7 Å². The van der Waals surface area contributed by atoms with E-state index in [-0.39, 0.29) is 5.91 Å². The lowest BCUT2D eigenvalue weighted by molar-refractivity contribution is 0.0947.